The van der Waals surface area contributed by atoms with Gasteiger partial charge in [0.2, 0.25) is 0 Å². The van der Waals surface area contributed by atoms with E-state index >= 15 is 0 Å². The standard InChI is InChI=1S/C17H21IN2O/c1-4-14(5-2)20-10-9-13(19-20)11-16(21)15-8-6-7-12(3)17(15)18/h6-10,14H,4-5,11H2,1-3H3. The van der Waals surface area contributed by atoms with Gasteiger partial charge in [-0.2, -0.15) is 5.10 Å². The second-order valence-corrected chi connectivity index (χ2v) is 6.37. The Hall–Kier alpha value is -1.17. The molecule has 3 nitrogen and oxygen atoms in total. The van der Waals surface area contributed by atoms with Crippen LogP contribution in [0.25, 0.3) is 0 Å². The van der Waals surface area contributed by atoms with Crippen LogP contribution in [0.4, 0.5) is 0 Å². The predicted octanol–water partition coefficient (Wildman–Crippen LogP) is 4.58. The van der Waals surface area contributed by atoms with Gasteiger partial charge < -0.3 is 0 Å². The summed E-state index contributed by atoms with van der Waals surface area (Å²) < 4.78 is 3.03. The zero-order chi connectivity index (χ0) is 15.4. The summed E-state index contributed by atoms with van der Waals surface area (Å²) in [5, 5.41) is 4.56. The number of Topliss-reactive ketones (excluding diaryl/α,β-unsaturated/α-hetero) is 1. The highest BCUT2D eigenvalue weighted by atomic mass is 127. The zero-order valence-corrected chi connectivity index (χ0v) is 14.9. The normalized spacial score (nSPS) is 11.1. The average Bonchev–Trinajstić information content (AvgIpc) is 2.91. The zero-order valence-electron chi connectivity index (χ0n) is 12.8. The molecule has 112 valence electrons. The number of hydrogen-bond donors (Lipinski definition) is 0. The minimum Gasteiger partial charge on any atom is -0.294 e. The fraction of sp³-hybridized carbons (Fsp3) is 0.412. The molecule has 0 saturated carbocycles. The molecular formula is C17H21IN2O. The summed E-state index contributed by atoms with van der Waals surface area (Å²) in [5.41, 5.74) is 2.79. The van der Waals surface area contributed by atoms with E-state index < -0.39 is 0 Å². The summed E-state index contributed by atoms with van der Waals surface area (Å²) in [4.78, 5) is 12.5. The average molecular weight is 396 g/mol. The highest BCUT2D eigenvalue weighted by molar-refractivity contribution is 14.1. The molecule has 4 heteroatoms. The molecule has 0 aliphatic rings. The second-order valence-electron chi connectivity index (χ2n) is 5.29. The van der Waals surface area contributed by atoms with E-state index in [0.29, 0.717) is 12.5 Å². The van der Waals surface area contributed by atoms with Gasteiger partial charge in [-0.25, -0.2) is 0 Å². The second kappa shape index (κ2) is 7.20. The maximum Gasteiger partial charge on any atom is 0.169 e. The molecule has 2 rings (SSSR count). The monoisotopic (exact) mass is 396 g/mol. The van der Waals surface area contributed by atoms with Gasteiger partial charge in [0, 0.05) is 15.3 Å². The van der Waals surface area contributed by atoms with Crippen LogP contribution in [0.15, 0.2) is 30.5 Å². The van der Waals surface area contributed by atoms with Gasteiger partial charge in [-0.15, -0.1) is 0 Å². The minimum atomic E-state index is 0.137. The van der Waals surface area contributed by atoms with Gasteiger partial charge in [0.1, 0.15) is 0 Å². The van der Waals surface area contributed by atoms with Gasteiger partial charge in [0.25, 0.3) is 0 Å². The van der Waals surface area contributed by atoms with E-state index in [1.165, 1.54) is 0 Å². The lowest BCUT2D eigenvalue weighted by Gasteiger charge is -2.12. The summed E-state index contributed by atoms with van der Waals surface area (Å²) >= 11 is 2.24. The number of carbonyl (C=O) groups is 1. The van der Waals surface area contributed by atoms with Crippen molar-refractivity contribution in [2.45, 2.75) is 46.1 Å². The van der Waals surface area contributed by atoms with E-state index in [4.69, 9.17) is 0 Å². The molecular weight excluding hydrogens is 375 g/mol. The minimum absolute atomic E-state index is 0.137. The van der Waals surface area contributed by atoms with Gasteiger partial charge in [-0.3, -0.25) is 9.48 Å². The lowest BCUT2D eigenvalue weighted by molar-refractivity contribution is 0.0990. The molecule has 0 aliphatic heterocycles. The van der Waals surface area contributed by atoms with Gasteiger partial charge in [0.15, 0.2) is 5.78 Å². The molecule has 2 aromatic rings. The van der Waals surface area contributed by atoms with Crippen molar-refractivity contribution in [3.8, 4) is 0 Å². The van der Waals surface area contributed by atoms with E-state index in [2.05, 4.69) is 41.5 Å². The lowest BCUT2D eigenvalue weighted by atomic mass is 10.0. The molecule has 0 saturated heterocycles. The maximum absolute atomic E-state index is 12.5. The number of rotatable bonds is 6. The van der Waals surface area contributed by atoms with E-state index in [1.54, 1.807) is 0 Å². The highest BCUT2D eigenvalue weighted by Crippen LogP contribution is 2.19. The molecule has 0 radical (unpaired) electrons. The number of ketones is 1. The Kier molecular flexibility index (Phi) is 5.56. The first-order valence-corrected chi connectivity index (χ1v) is 8.47. The Balaban J connectivity index is 2.15. The van der Waals surface area contributed by atoms with Crippen LogP contribution in [0.5, 0.6) is 0 Å². The summed E-state index contributed by atoms with van der Waals surface area (Å²) in [6, 6.07) is 8.25. The summed E-state index contributed by atoms with van der Waals surface area (Å²) in [5.74, 6) is 0.137. The van der Waals surface area contributed by atoms with E-state index in [1.807, 2.05) is 42.1 Å². The van der Waals surface area contributed by atoms with Gasteiger partial charge >= 0.3 is 0 Å². The molecule has 1 heterocycles. The smallest absolute Gasteiger partial charge is 0.169 e. The number of benzene rings is 1. The topological polar surface area (TPSA) is 34.9 Å². The number of hydrogen-bond acceptors (Lipinski definition) is 2. The first kappa shape index (κ1) is 16.2. The lowest BCUT2D eigenvalue weighted by Crippen LogP contribution is -2.10. The number of aromatic nitrogens is 2. The molecule has 21 heavy (non-hydrogen) atoms. The number of halogens is 1. The fourth-order valence-corrected chi connectivity index (χ4v) is 3.12. The van der Waals surface area contributed by atoms with Crippen LogP contribution in [-0.2, 0) is 6.42 Å². The van der Waals surface area contributed by atoms with Crippen LogP contribution in [0.3, 0.4) is 0 Å². The van der Waals surface area contributed by atoms with Crippen molar-refractivity contribution in [2.75, 3.05) is 0 Å². The van der Waals surface area contributed by atoms with Crippen molar-refractivity contribution in [3.63, 3.8) is 0 Å². The first-order chi connectivity index (χ1) is 10.1. The molecule has 0 fully saturated rings. The molecule has 0 aliphatic carbocycles. The van der Waals surface area contributed by atoms with Crippen LogP contribution in [0.2, 0.25) is 0 Å². The fourth-order valence-electron chi connectivity index (χ4n) is 2.46. The third kappa shape index (κ3) is 3.73. The number of nitrogens with zero attached hydrogens (tertiary/aromatic N) is 2. The molecule has 0 spiro atoms. The number of aryl methyl sites for hydroxylation is 1. The molecule has 0 amide bonds. The molecule has 0 bridgehead atoms. The van der Waals surface area contributed by atoms with Crippen molar-refractivity contribution in [3.05, 3.63) is 50.9 Å². The third-order valence-corrected chi connectivity index (χ3v) is 5.25. The predicted molar refractivity (Wildman–Crippen MR) is 93.8 cm³/mol. The van der Waals surface area contributed by atoms with Crippen molar-refractivity contribution in [1.82, 2.24) is 9.78 Å². The molecule has 1 aromatic heterocycles. The Morgan fingerprint density at radius 3 is 2.67 bits per heavy atom. The largest absolute Gasteiger partial charge is 0.294 e. The van der Waals surface area contributed by atoms with Gasteiger partial charge in [-0.05, 0) is 54.0 Å². The van der Waals surface area contributed by atoms with Crippen LogP contribution < -0.4 is 0 Å². The van der Waals surface area contributed by atoms with E-state index in [0.717, 1.165) is 33.2 Å². The molecule has 0 unspecified atom stereocenters. The third-order valence-electron chi connectivity index (χ3n) is 3.81. The summed E-state index contributed by atoms with van der Waals surface area (Å²) in [7, 11) is 0. The Bertz CT molecular complexity index is 629. The summed E-state index contributed by atoms with van der Waals surface area (Å²) in [6.45, 7) is 6.35. The summed E-state index contributed by atoms with van der Waals surface area (Å²) in [6.07, 6.45) is 4.47. The maximum atomic E-state index is 12.5. The van der Waals surface area contributed by atoms with E-state index in [-0.39, 0.29) is 5.78 Å². The molecule has 1 aromatic carbocycles. The quantitative estimate of drug-likeness (QED) is 0.529. The van der Waals surface area contributed by atoms with Crippen molar-refractivity contribution in [2.24, 2.45) is 0 Å². The Morgan fingerprint density at radius 2 is 2.00 bits per heavy atom. The molecule has 0 N–H and O–H groups in total. The van der Waals surface area contributed by atoms with Crippen LogP contribution in [-0.4, -0.2) is 15.6 Å². The van der Waals surface area contributed by atoms with Gasteiger partial charge in [-0.1, -0.05) is 32.0 Å². The Morgan fingerprint density at radius 1 is 1.29 bits per heavy atom. The first-order valence-electron chi connectivity index (χ1n) is 7.39. The molecule has 0 atom stereocenters. The van der Waals surface area contributed by atoms with Crippen molar-refractivity contribution < 1.29 is 4.79 Å². The number of carbonyl (C=O) groups excluding carboxylic acids is 1. The van der Waals surface area contributed by atoms with E-state index in [9.17, 15) is 4.79 Å². The van der Waals surface area contributed by atoms with Crippen molar-refractivity contribution >= 4 is 28.4 Å². The highest BCUT2D eigenvalue weighted by Gasteiger charge is 2.14. The van der Waals surface area contributed by atoms with Gasteiger partial charge in [0.05, 0.1) is 18.2 Å². The SMILES string of the molecule is CCC(CC)n1ccc(CC(=O)c2cccc(C)c2I)n1. The Labute approximate surface area is 139 Å². The van der Waals surface area contributed by atoms with Crippen LogP contribution in [0.1, 0.15) is 54.3 Å². The van der Waals surface area contributed by atoms with Crippen molar-refractivity contribution in [1.29, 1.82) is 0 Å². The van der Waals surface area contributed by atoms with Crippen LogP contribution in [0, 0.1) is 10.5 Å². The van der Waals surface area contributed by atoms with Crippen LogP contribution >= 0.6 is 22.6 Å².